The van der Waals surface area contributed by atoms with E-state index in [0.29, 0.717) is 29.7 Å². The molecule has 3 aromatic rings. The second kappa shape index (κ2) is 6.39. The normalized spacial score (nSPS) is 19.7. The maximum atomic E-state index is 12.9. The van der Waals surface area contributed by atoms with Crippen LogP contribution in [0.3, 0.4) is 0 Å². The lowest BCUT2D eigenvalue weighted by atomic mass is 9.88. The second-order valence-corrected chi connectivity index (χ2v) is 8.16. The van der Waals surface area contributed by atoms with Crippen LogP contribution >= 0.6 is 0 Å². The van der Waals surface area contributed by atoms with Crippen LogP contribution in [0.2, 0.25) is 0 Å². The van der Waals surface area contributed by atoms with E-state index >= 15 is 0 Å². The van der Waals surface area contributed by atoms with Crippen molar-refractivity contribution in [2.24, 2.45) is 0 Å². The summed E-state index contributed by atoms with van der Waals surface area (Å²) in [5, 5.41) is 12.5. The number of ether oxygens (including phenoxy) is 1. The Labute approximate surface area is 152 Å². The minimum Gasteiger partial charge on any atom is -0.493 e. The van der Waals surface area contributed by atoms with Crippen LogP contribution in [-0.2, 0) is 15.6 Å². The van der Waals surface area contributed by atoms with Crippen LogP contribution < -0.4 is 9.46 Å². The van der Waals surface area contributed by atoms with Crippen molar-refractivity contribution in [1.82, 2.24) is 4.72 Å². The highest BCUT2D eigenvalue weighted by molar-refractivity contribution is 7.89. The van der Waals surface area contributed by atoms with Crippen LogP contribution in [0.1, 0.15) is 12.0 Å². The highest BCUT2D eigenvalue weighted by atomic mass is 32.2. The first-order valence-electron chi connectivity index (χ1n) is 8.42. The third-order valence-electron chi connectivity index (χ3n) is 4.76. The molecule has 0 saturated carbocycles. The zero-order valence-corrected chi connectivity index (χ0v) is 14.9. The molecule has 3 aromatic carbocycles. The Morgan fingerprint density at radius 3 is 2.62 bits per heavy atom. The van der Waals surface area contributed by atoms with Crippen molar-refractivity contribution in [3.63, 3.8) is 0 Å². The molecule has 0 saturated heterocycles. The number of para-hydroxylation sites is 1. The van der Waals surface area contributed by atoms with Crippen molar-refractivity contribution in [3.8, 4) is 5.75 Å². The molecule has 1 heterocycles. The maximum absolute atomic E-state index is 12.9. The first-order valence-corrected chi connectivity index (χ1v) is 9.90. The number of nitrogens with one attached hydrogen (secondary N) is 1. The van der Waals surface area contributed by atoms with E-state index in [1.165, 1.54) is 0 Å². The molecule has 26 heavy (non-hydrogen) atoms. The summed E-state index contributed by atoms with van der Waals surface area (Å²) in [6.07, 6.45) is 0.321. The van der Waals surface area contributed by atoms with E-state index < -0.39 is 15.6 Å². The molecule has 134 valence electrons. The third kappa shape index (κ3) is 2.96. The van der Waals surface area contributed by atoms with Gasteiger partial charge in [0.05, 0.1) is 11.5 Å². The quantitative estimate of drug-likeness (QED) is 0.742. The fourth-order valence-corrected chi connectivity index (χ4v) is 4.66. The molecule has 0 amide bonds. The predicted octanol–water partition coefficient (Wildman–Crippen LogP) is 2.79. The van der Waals surface area contributed by atoms with Gasteiger partial charge in [0.2, 0.25) is 10.0 Å². The molecular weight excluding hydrogens is 350 g/mol. The number of rotatable bonds is 4. The largest absolute Gasteiger partial charge is 0.493 e. The number of hydrogen-bond acceptors (Lipinski definition) is 4. The average molecular weight is 369 g/mol. The standard InChI is InChI=1S/C20H19NO4S/c22-20(12-13-25-18-10-4-3-9-17(18)20)14-21-26(23,24)19-11-5-7-15-6-1-2-8-16(15)19/h1-11,21-22H,12-14H2/t20-/m0/s1. The molecular formula is C20H19NO4S. The third-order valence-corrected chi connectivity index (χ3v) is 6.21. The van der Waals surface area contributed by atoms with E-state index in [1.807, 2.05) is 30.3 Å². The van der Waals surface area contributed by atoms with E-state index in [-0.39, 0.29) is 11.4 Å². The lowest BCUT2D eigenvalue weighted by Gasteiger charge is -2.34. The first-order chi connectivity index (χ1) is 12.5. The number of aliphatic hydroxyl groups is 1. The minimum atomic E-state index is -3.78. The molecule has 0 radical (unpaired) electrons. The van der Waals surface area contributed by atoms with Crippen LogP contribution in [0.5, 0.6) is 5.75 Å². The summed E-state index contributed by atoms with van der Waals surface area (Å²) in [6, 6.07) is 19.7. The fraction of sp³-hybridized carbons (Fsp3) is 0.200. The Hall–Kier alpha value is -2.41. The van der Waals surface area contributed by atoms with Crippen molar-refractivity contribution in [1.29, 1.82) is 0 Å². The van der Waals surface area contributed by atoms with Gasteiger partial charge in [-0.05, 0) is 17.5 Å². The van der Waals surface area contributed by atoms with Crippen LogP contribution in [0.25, 0.3) is 10.8 Å². The van der Waals surface area contributed by atoms with Gasteiger partial charge < -0.3 is 9.84 Å². The SMILES string of the molecule is O=S(=O)(NC[C@@]1(O)CCOc2ccccc21)c1cccc2ccccc12. The van der Waals surface area contributed by atoms with Crippen molar-refractivity contribution >= 4 is 20.8 Å². The summed E-state index contributed by atoms with van der Waals surface area (Å²) < 4.78 is 33.9. The Balaban J connectivity index is 1.65. The molecule has 0 unspecified atom stereocenters. The van der Waals surface area contributed by atoms with Gasteiger partial charge in [0, 0.05) is 23.9 Å². The monoisotopic (exact) mass is 369 g/mol. The van der Waals surface area contributed by atoms with Gasteiger partial charge in [0.25, 0.3) is 0 Å². The summed E-state index contributed by atoms with van der Waals surface area (Å²) in [4.78, 5) is 0.208. The second-order valence-electron chi connectivity index (χ2n) is 6.43. The molecule has 5 nitrogen and oxygen atoms in total. The van der Waals surface area contributed by atoms with Gasteiger partial charge in [-0.15, -0.1) is 0 Å². The summed E-state index contributed by atoms with van der Waals surface area (Å²) in [6.45, 7) is 0.225. The van der Waals surface area contributed by atoms with E-state index in [2.05, 4.69) is 4.72 Å². The molecule has 0 fully saturated rings. The Morgan fingerprint density at radius 2 is 1.73 bits per heavy atom. The number of hydrogen-bond donors (Lipinski definition) is 2. The van der Waals surface area contributed by atoms with Crippen molar-refractivity contribution < 1.29 is 18.3 Å². The highest BCUT2D eigenvalue weighted by Gasteiger charge is 2.36. The fourth-order valence-electron chi connectivity index (χ4n) is 3.35. The summed E-state index contributed by atoms with van der Waals surface area (Å²) in [5.74, 6) is 0.589. The molecule has 4 rings (SSSR count). The molecule has 0 bridgehead atoms. The lowest BCUT2D eigenvalue weighted by Crippen LogP contribution is -2.43. The zero-order chi connectivity index (χ0) is 18.2. The Morgan fingerprint density at radius 1 is 1.00 bits per heavy atom. The Kier molecular flexibility index (Phi) is 4.19. The molecule has 1 aliphatic rings. The summed E-state index contributed by atoms with van der Waals surface area (Å²) >= 11 is 0. The van der Waals surface area contributed by atoms with E-state index in [0.717, 1.165) is 5.39 Å². The van der Waals surface area contributed by atoms with Crippen LogP contribution in [-0.4, -0.2) is 26.7 Å². The maximum Gasteiger partial charge on any atom is 0.241 e. The highest BCUT2D eigenvalue weighted by Crippen LogP contribution is 2.36. The predicted molar refractivity (Wildman–Crippen MR) is 99.6 cm³/mol. The Bertz CT molecular complexity index is 1060. The lowest BCUT2D eigenvalue weighted by molar-refractivity contribution is 0.00219. The molecule has 6 heteroatoms. The molecule has 1 atom stereocenters. The van der Waals surface area contributed by atoms with Crippen molar-refractivity contribution in [2.45, 2.75) is 16.9 Å². The van der Waals surface area contributed by atoms with E-state index in [4.69, 9.17) is 4.74 Å². The molecule has 0 aromatic heterocycles. The smallest absolute Gasteiger partial charge is 0.241 e. The number of fused-ring (bicyclic) bond motifs is 2. The number of sulfonamides is 1. The number of benzene rings is 3. The first kappa shape index (κ1) is 17.0. The minimum absolute atomic E-state index is 0.112. The van der Waals surface area contributed by atoms with Gasteiger partial charge in [0.15, 0.2) is 0 Å². The van der Waals surface area contributed by atoms with Gasteiger partial charge in [-0.3, -0.25) is 0 Å². The average Bonchev–Trinajstić information content (AvgIpc) is 2.67. The van der Waals surface area contributed by atoms with Gasteiger partial charge in [-0.1, -0.05) is 54.6 Å². The van der Waals surface area contributed by atoms with Gasteiger partial charge in [-0.2, -0.15) is 0 Å². The van der Waals surface area contributed by atoms with E-state index in [1.54, 1.807) is 36.4 Å². The van der Waals surface area contributed by atoms with Crippen molar-refractivity contribution in [2.75, 3.05) is 13.2 Å². The van der Waals surface area contributed by atoms with Crippen LogP contribution in [0.4, 0.5) is 0 Å². The molecule has 2 N–H and O–H groups in total. The van der Waals surface area contributed by atoms with Gasteiger partial charge in [-0.25, -0.2) is 13.1 Å². The zero-order valence-electron chi connectivity index (χ0n) is 14.1. The van der Waals surface area contributed by atoms with Crippen LogP contribution in [0.15, 0.2) is 71.6 Å². The summed E-state index contributed by atoms with van der Waals surface area (Å²) in [7, 11) is -3.78. The van der Waals surface area contributed by atoms with Gasteiger partial charge in [0.1, 0.15) is 11.4 Å². The summed E-state index contributed by atoms with van der Waals surface area (Å²) in [5.41, 5.74) is -0.696. The molecule has 1 aliphatic heterocycles. The van der Waals surface area contributed by atoms with Crippen LogP contribution in [0, 0.1) is 0 Å². The van der Waals surface area contributed by atoms with Gasteiger partial charge >= 0.3 is 0 Å². The molecule has 0 spiro atoms. The topological polar surface area (TPSA) is 75.6 Å². The van der Waals surface area contributed by atoms with Crippen molar-refractivity contribution in [3.05, 3.63) is 72.3 Å². The molecule has 0 aliphatic carbocycles. The van der Waals surface area contributed by atoms with E-state index in [9.17, 15) is 13.5 Å².